The number of thiophene rings is 2. The summed E-state index contributed by atoms with van der Waals surface area (Å²) < 4.78 is 0. The molecule has 0 aliphatic heterocycles. The van der Waals surface area contributed by atoms with E-state index in [2.05, 4.69) is 11.4 Å². The monoisotopic (exact) mass is 266 g/mol. The third-order valence-electron chi connectivity index (χ3n) is 2.42. The van der Waals surface area contributed by atoms with Crippen LogP contribution < -0.4 is 11.1 Å². The lowest BCUT2D eigenvalue weighted by molar-refractivity contribution is 0.0958. The van der Waals surface area contributed by atoms with Crippen LogP contribution in [-0.4, -0.2) is 12.5 Å². The van der Waals surface area contributed by atoms with Crippen molar-refractivity contribution < 1.29 is 4.79 Å². The maximum Gasteiger partial charge on any atom is 0.261 e. The number of carbonyl (C=O) groups is 1. The molecule has 0 spiro atoms. The Morgan fingerprint density at radius 3 is 2.94 bits per heavy atom. The second-order valence-corrected chi connectivity index (χ2v) is 6.00. The van der Waals surface area contributed by atoms with Crippen LogP contribution in [0, 0.1) is 6.92 Å². The molecule has 90 valence electrons. The molecular formula is C12H14N2OS2. The van der Waals surface area contributed by atoms with Crippen LogP contribution >= 0.6 is 22.7 Å². The first-order valence-corrected chi connectivity index (χ1v) is 7.03. The van der Waals surface area contributed by atoms with E-state index in [-0.39, 0.29) is 5.91 Å². The summed E-state index contributed by atoms with van der Waals surface area (Å²) in [5, 5.41) is 4.94. The van der Waals surface area contributed by atoms with Crippen molar-refractivity contribution in [2.75, 3.05) is 12.3 Å². The Balaban J connectivity index is 1.85. The molecule has 0 bridgehead atoms. The summed E-state index contributed by atoms with van der Waals surface area (Å²) in [6.07, 6.45) is 0.878. The molecule has 2 aromatic heterocycles. The van der Waals surface area contributed by atoms with E-state index in [4.69, 9.17) is 5.73 Å². The Morgan fingerprint density at radius 2 is 2.35 bits per heavy atom. The molecule has 0 saturated heterocycles. The molecule has 2 rings (SSSR count). The van der Waals surface area contributed by atoms with Gasteiger partial charge in [-0.25, -0.2) is 0 Å². The molecule has 0 aliphatic rings. The number of anilines is 1. The van der Waals surface area contributed by atoms with Crippen LogP contribution in [0.5, 0.6) is 0 Å². The number of amides is 1. The summed E-state index contributed by atoms with van der Waals surface area (Å²) in [7, 11) is 0. The van der Waals surface area contributed by atoms with Gasteiger partial charge in [-0.3, -0.25) is 4.79 Å². The Kier molecular flexibility index (Phi) is 3.81. The predicted octanol–water partition coefficient (Wildman–Crippen LogP) is 2.67. The maximum atomic E-state index is 11.8. The fourth-order valence-corrected chi connectivity index (χ4v) is 3.02. The van der Waals surface area contributed by atoms with Crippen molar-refractivity contribution in [1.82, 2.24) is 5.32 Å². The van der Waals surface area contributed by atoms with Crippen LogP contribution in [0.15, 0.2) is 23.6 Å². The lowest BCUT2D eigenvalue weighted by atomic mass is 10.3. The molecule has 0 fully saturated rings. The van der Waals surface area contributed by atoms with Gasteiger partial charge in [0.25, 0.3) is 5.91 Å². The molecule has 3 N–H and O–H groups in total. The van der Waals surface area contributed by atoms with E-state index in [1.807, 2.05) is 18.4 Å². The lowest BCUT2D eigenvalue weighted by Crippen LogP contribution is -2.24. The number of nitrogens with two attached hydrogens (primary N) is 1. The molecule has 0 aliphatic carbocycles. The Labute approximate surface area is 108 Å². The van der Waals surface area contributed by atoms with Gasteiger partial charge in [-0.1, -0.05) is 6.07 Å². The Morgan fingerprint density at radius 1 is 1.53 bits per heavy atom. The number of nitrogen functional groups attached to an aromatic ring is 1. The quantitative estimate of drug-likeness (QED) is 0.894. The van der Waals surface area contributed by atoms with Crippen LogP contribution in [0.4, 0.5) is 5.69 Å². The van der Waals surface area contributed by atoms with E-state index in [1.165, 1.54) is 16.2 Å². The first kappa shape index (κ1) is 12.1. The molecule has 0 saturated carbocycles. The minimum absolute atomic E-state index is 0.0358. The summed E-state index contributed by atoms with van der Waals surface area (Å²) in [5.41, 5.74) is 6.41. The van der Waals surface area contributed by atoms with Gasteiger partial charge in [-0.05, 0) is 30.9 Å². The molecule has 2 aromatic rings. The fraction of sp³-hybridized carbons (Fsp3) is 0.250. The van der Waals surface area contributed by atoms with Gasteiger partial charge in [0.05, 0.1) is 4.88 Å². The zero-order valence-electron chi connectivity index (χ0n) is 9.53. The molecular weight excluding hydrogens is 252 g/mol. The molecule has 0 aromatic carbocycles. The third-order valence-corrected chi connectivity index (χ3v) is 4.42. The van der Waals surface area contributed by atoms with E-state index >= 15 is 0 Å². The van der Waals surface area contributed by atoms with Crippen LogP contribution in [0.25, 0.3) is 0 Å². The number of rotatable bonds is 4. The average Bonchev–Trinajstić information content (AvgIpc) is 2.90. The van der Waals surface area contributed by atoms with Crippen LogP contribution in [0.1, 0.15) is 19.4 Å². The van der Waals surface area contributed by atoms with Gasteiger partial charge in [0.1, 0.15) is 0 Å². The number of hydrogen-bond acceptors (Lipinski definition) is 4. The van der Waals surface area contributed by atoms with E-state index in [0.717, 1.165) is 11.3 Å². The van der Waals surface area contributed by atoms with Crippen molar-refractivity contribution >= 4 is 34.3 Å². The number of aryl methyl sites for hydroxylation is 1. The third kappa shape index (κ3) is 3.08. The number of carbonyl (C=O) groups excluding carboxylic acids is 1. The SMILES string of the molecule is Cc1sc(C(=O)NCCc2cccs2)cc1N. The second kappa shape index (κ2) is 5.33. The predicted molar refractivity (Wildman–Crippen MR) is 73.8 cm³/mol. The molecule has 0 unspecified atom stereocenters. The summed E-state index contributed by atoms with van der Waals surface area (Å²) >= 11 is 3.14. The van der Waals surface area contributed by atoms with Crippen LogP contribution in [0.2, 0.25) is 0 Å². The standard InChI is InChI=1S/C12H14N2OS2/c1-8-10(13)7-11(17-8)12(15)14-5-4-9-3-2-6-16-9/h2-3,6-7H,4-5,13H2,1H3,(H,14,15). The first-order chi connectivity index (χ1) is 8.16. The highest BCUT2D eigenvalue weighted by Gasteiger charge is 2.10. The Bertz CT molecular complexity index is 483. The smallest absolute Gasteiger partial charge is 0.261 e. The normalized spacial score (nSPS) is 10.4. The van der Waals surface area contributed by atoms with Gasteiger partial charge in [-0.2, -0.15) is 0 Å². The highest BCUT2D eigenvalue weighted by molar-refractivity contribution is 7.14. The molecule has 2 heterocycles. The van der Waals surface area contributed by atoms with Gasteiger partial charge in [-0.15, -0.1) is 22.7 Å². The van der Waals surface area contributed by atoms with E-state index in [9.17, 15) is 4.79 Å². The minimum Gasteiger partial charge on any atom is -0.398 e. The van der Waals surface area contributed by atoms with Crippen molar-refractivity contribution in [2.45, 2.75) is 13.3 Å². The first-order valence-electron chi connectivity index (χ1n) is 5.33. The minimum atomic E-state index is -0.0358. The molecule has 1 amide bonds. The lowest BCUT2D eigenvalue weighted by Gasteiger charge is -2.01. The largest absolute Gasteiger partial charge is 0.398 e. The van der Waals surface area contributed by atoms with Gasteiger partial charge >= 0.3 is 0 Å². The summed E-state index contributed by atoms with van der Waals surface area (Å²) in [6.45, 7) is 2.58. The summed E-state index contributed by atoms with van der Waals surface area (Å²) in [4.78, 5) is 14.8. The van der Waals surface area contributed by atoms with Gasteiger partial charge < -0.3 is 11.1 Å². The maximum absolute atomic E-state index is 11.8. The van der Waals surface area contributed by atoms with E-state index < -0.39 is 0 Å². The van der Waals surface area contributed by atoms with Crippen molar-refractivity contribution in [1.29, 1.82) is 0 Å². The summed E-state index contributed by atoms with van der Waals surface area (Å²) in [6, 6.07) is 5.83. The van der Waals surface area contributed by atoms with Gasteiger partial charge in [0.15, 0.2) is 0 Å². The number of hydrogen-bond donors (Lipinski definition) is 2. The molecule has 3 nitrogen and oxygen atoms in total. The van der Waals surface area contributed by atoms with Crippen molar-refractivity contribution in [3.8, 4) is 0 Å². The van der Waals surface area contributed by atoms with Gasteiger partial charge in [0.2, 0.25) is 0 Å². The number of nitrogens with one attached hydrogen (secondary N) is 1. The zero-order chi connectivity index (χ0) is 12.3. The topological polar surface area (TPSA) is 55.1 Å². The Hall–Kier alpha value is -1.33. The van der Waals surface area contributed by atoms with E-state index in [1.54, 1.807) is 17.4 Å². The molecule has 0 atom stereocenters. The zero-order valence-corrected chi connectivity index (χ0v) is 11.2. The average molecular weight is 266 g/mol. The second-order valence-electron chi connectivity index (χ2n) is 3.71. The van der Waals surface area contributed by atoms with Crippen molar-refractivity contribution in [2.24, 2.45) is 0 Å². The van der Waals surface area contributed by atoms with Crippen LogP contribution in [-0.2, 0) is 6.42 Å². The molecule has 5 heteroatoms. The van der Waals surface area contributed by atoms with E-state index in [0.29, 0.717) is 17.1 Å². The fourth-order valence-electron chi connectivity index (χ4n) is 1.45. The highest BCUT2D eigenvalue weighted by Crippen LogP contribution is 2.23. The summed E-state index contributed by atoms with van der Waals surface area (Å²) in [5.74, 6) is -0.0358. The van der Waals surface area contributed by atoms with Crippen LogP contribution in [0.3, 0.4) is 0 Å². The van der Waals surface area contributed by atoms with Gasteiger partial charge in [0, 0.05) is 22.0 Å². The molecule has 17 heavy (non-hydrogen) atoms. The molecule has 0 radical (unpaired) electrons. The van der Waals surface area contributed by atoms with Crippen molar-refractivity contribution in [3.05, 3.63) is 38.2 Å². The van der Waals surface area contributed by atoms with Crippen molar-refractivity contribution in [3.63, 3.8) is 0 Å². The highest BCUT2D eigenvalue weighted by atomic mass is 32.1.